The molecule has 0 saturated carbocycles. The molecule has 0 saturated heterocycles. The molecule has 0 heterocycles. The van der Waals surface area contributed by atoms with Crippen molar-refractivity contribution in [2.24, 2.45) is 0 Å². The van der Waals surface area contributed by atoms with Crippen LogP contribution in [0.25, 0.3) is 0 Å². The zero-order chi connectivity index (χ0) is 21.2. The van der Waals surface area contributed by atoms with Gasteiger partial charge >= 0.3 is 0 Å². The van der Waals surface area contributed by atoms with Crippen LogP contribution in [0.1, 0.15) is 41.5 Å². The molecule has 1 N–H and O–H groups in total. The quantitative estimate of drug-likeness (QED) is 0.577. The number of nitrogens with zero attached hydrogens (tertiary/aromatic N) is 1. The Morgan fingerprint density at radius 3 is 2.38 bits per heavy atom. The van der Waals surface area contributed by atoms with Crippen molar-refractivity contribution in [1.82, 2.24) is 4.90 Å². The van der Waals surface area contributed by atoms with Gasteiger partial charge in [0.2, 0.25) is 0 Å². The molecule has 0 aromatic heterocycles. The Hall–Kier alpha value is -2.57. The van der Waals surface area contributed by atoms with Crippen molar-refractivity contribution < 1.29 is 19.1 Å². The number of benzene rings is 2. The van der Waals surface area contributed by atoms with Crippen molar-refractivity contribution >= 4 is 29.1 Å². The fraction of sp³-hybridized carbons (Fsp3) is 0.364. The molecule has 2 aromatic carbocycles. The second-order valence-corrected chi connectivity index (χ2v) is 6.57. The summed E-state index contributed by atoms with van der Waals surface area (Å²) < 4.78 is 10.9. The summed E-state index contributed by atoms with van der Waals surface area (Å²) >= 11 is 6.30. The lowest BCUT2D eigenvalue weighted by Gasteiger charge is -2.19. The number of nitrogens with one attached hydrogen (secondary N) is 1. The zero-order valence-corrected chi connectivity index (χ0v) is 17.8. The summed E-state index contributed by atoms with van der Waals surface area (Å²) in [5.74, 6) is 0.0194. The molecular weight excluding hydrogens is 392 g/mol. The Kier molecular flexibility index (Phi) is 8.96. The Morgan fingerprint density at radius 1 is 1.00 bits per heavy atom. The third-order valence-electron chi connectivity index (χ3n) is 4.33. The predicted octanol–water partition coefficient (Wildman–Crippen LogP) is 4.49. The molecular formula is C22H27ClN2O4. The van der Waals surface area contributed by atoms with Gasteiger partial charge in [0.15, 0.2) is 0 Å². The molecule has 0 aliphatic carbocycles. The number of halogens is 1. The van der Waals surface area contributed by atoms with E-state index in [9.17, 15) is 9.59 Å². The molecule has 2 aromatic rings. The number of carbonyl (C=O) groups excluding carboxylic acids is 2. The van der Waals surface area contributed by atoms with E-state index in [1.807, 2.05) is 20.8 Å². The molecule has 0 fully saturated rings. The fourth-order valence-corrected chi connectivity index (χ4v) is 3.04. The minimum Gasteiger partial charge on any atom is -0.490 e. The first kappa shape index (κ1) is 22.7. The highest BCUT2D eigenvalue weighted by atomic mass is 35.5. The standard InChI is InChI=1S/C22H27ClN2O4/c1-4-25(5-2)22(27)17-12-11-16(15-19(17)23)24-21(26)18-9-7-8-10-20(18)29-14-13-28-6-3/h7-12,15H,4-6,13-14H2,1-3H3,(H,24,26). The molecule has 2 amide bonds. The maximum absolute atomic E-state index is 12.7. The van der Waals surface area contributed by atoms with E-state index in [2.05, 4.69) is 5.32 Å². The summed E-state index contributed by atoms with van der Waals surface area (Å²) in [5, 5.41) is 3.10. The minimum absolute atomic E-state index is 0.133. The predicted molar refractivity (Wildman–Crippen MR) is 115 cm³/mol. The van der Waals surface area contributed by atoms with E-state index in [0.717, 1.165) is 0 Å². The Labute approximate surface area is 176 Å². The van der Waals surface area contributed by atoms with E-state index in [1.54, 1.807) is 47.4 Å². The summed E-state index contributed by atoms with van der Waals surface area (Å²) in [6, 6.07) is 11.9. The number of hydrogen-bond donors (Lipinski definition) is 1. The van der Waals surface area contributed by atoms with Crippen LogP contribution in [-0.4, -0.2) is 49.6 Å². The monoisotopic (exact) mass is 418 g/mol. The average molecular weight is 419 g/mol. The van der Waals surface area contributed by atoms with Crippen molar-refractivity contribution in [3.05, 3.63) is 58.6 Å². The first-order valence-electron chi connectivity index (χ1n) is 9.71. The van der Waals surface area contributed by atoms with Gasteiger partial charge in [0.1, 0.15) is 12.4 Å². The van der Waals surface area contributed by atoms with Gasteiger partial charge in [-0.2, -0.15) is 0 Å². The molecule has 0 aliphatic rings. The Morgan fingerprint density at radius 2 is 1.72 bits per heavy atom. The highest BCUT2D eigenvalue weighted by Crippen LogP contribution is 2.24. The Bertz CT molecular complexity index is 837. The van der Waals surface area contributed by atoms with Gasteiger partial charge in [0.05, 0.1) is 22.8 Å². The van der Waals surface area contributed by atoms with Crippen molar-refractivity contribution in [2.75, 3.05) is 38.2 Å². The van der Waals surface area contributed by atoms with E-state index in [4.69, 9.17) is 21.1 Å². The van der Waals surface area contributed by atoms with Crippen LogP contribution in [0.2, 0.25) is 5.02 Å². The van der Waals surface area contributed by atoms with Crippen LogP contribution in [-0.2, 0) is 4.74 Å². The highest BCUT2D eigenvalue weighted by molar-refractivity contribution is 6.34. The average Bonchev–Trinajstić information content (AvgIpc) is 2.72. The topological polar surface area (TPSA) is 67.9 Å². The smallest absolute Gasteiger partial charge is 0.259 e. The van der Waals surface area contributed by atoms with E-state index in [-0.39, 0.29) is 11.8 Å². The van der Waals surface area contributed by atoms with Gasteiger partial charge in [0.25, 0.3) is 11.8 Å². The third-order valence-corrected chi connectivity index (χ3v) is 4.64. The summed E-state index contributed by atoms with van der Waals surface area (Å²) in [4.78, 5) is 26.9. The van der Waals surface area contributed by atoms with Gasteiger partial charge in [-0.25, -0.2) is 0 Å². The molecule has 0 spiro atoms. The highest BCUT2D eigenvalue weighted by Gasteiger charge is 2.17. The molecule has 0 unspecified atom stereocenters. The van der Waals surface area contributed by atoms with Crippen LogP contribution in [0.15, 0.2) is 42.5 Å². The number of anilines is 1. The lowest BCUT2D eigenvalue weighted by molar-refractivity contribution is 0.0773. The van der Waals surface area contributed by atoms with Gasteiger partial charge in [-0.05, 0) is 51.1 Å². The summed E-state index contributed by atoms with van der Waals surface area (Å²) in [6.07, 6.45) is 0. The maximum atomic E-state index is 12.7. The first-order chi connectivity index (χ1) is 14.0. The lowest BCUT2D eigenvalue weighted by atomic mass is 10.1. The van der Waals surface area contributed by atoms with Gasteiger partial charge in [-0.1, -0.05) is 23.7 Å². The number of hydrogen-bond acceptors (Lipinski definition) is 4. The van der Waals surface area contributed by atoms with Gasteiger partial charge < -0.3 is 19.7 Å². The van der Waals surface area contributed by atoms with Crippen LogP contribution in [0, 0.1) is 0 Å². The van der Waals surface area contributed by atoms with Gasteiger partial charge in [0, 0.05) is 25.4 Å². The number of rotatable bonds is 10. The summed E-state index contributed by atoms with van der Waals surface area (Å²) in [6.45, 7) is 8.35. The van der Waals surface area contributed by atoms with E-state index in [0.29, 0.717) is 60.5 Å². The molecule has 0 aliphatic heterocycles. The number of ether oxygens (including phenoxy) is 2. The number of carbonyl (C=O) groups is 2. The lowest BCUT2D eigenvalue weighted by Crippen LogP contribution is -2.30. The second kappa shape index (κ2) is 11.4. The molecule has 7 heteroatoms. The number of para-hydroxylation sites is 1. The van der Waals surface area contributed by atoms with Crippen molar-refractivity contribution in [1.29, 1.82) is 0 Å². The van der Waals surface area contributed by atoms with Crippen LogP contribution in [0.4, 0.5) is 5.69 Å². The SMILES string of the molecule is CCOCCOc1ccccc1C(=O)Nc1ccc(C(=O)N(CC)CC)c(Cl)c1. The van der Waals surface area contributed by atoms with E-state index in [1.165, 1.54) is 0 Å². The molecule has 156 valence electrons. The second-order valence-electron chi connectivity index (χ2n) is 6.17. The van der Waals surface area contributed by atoms with Crippen LogP contribution < -0.4 is 10.1 Å². The number of amides is 2. The molecule has 0 atom stereocenters. The van der Waals surface area contributed by atoms with E-state index >= 15 is 0 Å². The van der Waals surface area contributed by atoms with E-state index < -0.39 is 0 Å². The first-order valence-corrected chi connectivity index (χ1v) is 10.1. The minimum atomic E-state index is -0.323. The molecule has 0 radical (unpaired) electrons. The van der Waals surface area contributed by atoms with Crippen molar-refractivity contribution in [3.63, 3.8) is 0 Å². The van der Waals surface area contributed by atoms with Crippen molar-refractivity contribution in [2.45, 2.75) is 20.8 Å². The van der Waals surface area contributed by atoms with Gasteiger partial charge in [-0.3, -0.25) is 9.59 Å². The fourth-order valence-electron chi connectivity index (χ4n) is 2.78. The van der Waals surface area contributed by atoms with Crippen LogP contribution in [0.5, 0.6) is 5.75 Å². The normalized spacial score (nSPS) is 10.5. The maximum Gasteiger partial charge on any atom is 0.259 e. The van der Waals surface area contributed by atoms with Crippen LogP contribution in [0.3, 0.4) is 0 Å². The summed E-state index contributed by atoms with van der Waals surface area (Å²) in [5.41, 5.74) is 1.32. The third kappa shape index (κ3) is 6.21. The Balaban J connectivity index is 2.11. The molecule has 2 rings (SSSR count). The molecule has 29 heavy (non-hydrogen) atoms. The molecule has 0 bridgehead atoms. The molecule has 6 nitrogen and oxygen atoms in total. The van der Waals surface area contributed by atoms with Crippen molar-refractivity contribution in [3.8, 4) is 5.75 Å². The largest absolute Gasteiger partial charge is 0.490 e. The zero-order valence-electron chi connectivity index (χ0n) is 17.0. The summed E-state index contributed by atoms with van der Waals surface area (Å²) in [7, 11) is 0. The van der Waals surface area contributed by atoms with Crippen LogP contribution >= 0.6 is 11.6 Å². The van der Waals surface area contributed by atoms with Gasteiger partial charge in [-0.15, -0.1) is 0 Å².